The van der Waals surface area contributed by atoms with Crippen molar-refractivity contribution in [2.75, 3.05) is 5.32 Å². The van der Waals surface area contributed by atoms with E-state index in [-0.39, 0.29) is 22.0 Å². The molecule has 0 aliphatic heterocycles. The summed E-state index contributed by atoms with van der Waals surface area (Å²) in [6.07, 6.45) is 0. The number of rotatable bonds is 7. The van der Waals surface area contributed by atoms with Gasteiger partial charge in [-0.05, 0) is 30.7 Å². The van der Waals surface area contributed by atoms with E-state index in [9.17, 15) is 19.7 Å². The molecule has 1 N–H and O–H groups in total. The summed E-state index contributed by atoms with van der Waals surface area (Å²) < 4.78 is 1.55. The number of aromatic nitrogens is 2. The Balaban J connectivity index is 1.65. The molecule has 4 rings (SSSR count). The number of para-hydroxylation sites is 1. The second kappa shape index (κ2) is 10.1. The fourth-order valence-electron chi connectivity index (χ4n) is 3.31. The highest BCUT2D eigenvalue weighted by Gasteiger charge is 2.21. The van der Waals surface area contributed by atoms with Crippen molar-refractivity contribution in [1.29, 1.82) is 0 Å². The molecule has 1 amide bonds. The minimum atomic E-state index is -0.676. The van der Waals surface area contributed by atoms with E-state index in [1.165, 1.54) is 18.2 Å². The second-order valence-electron chi connectivity index (χ2n) is 7.46. The van der Waals surface area contributed by atoms with E-state index < -0.39 is 16.1 Å². The van der Waals surface area contributed by atoms with Gasteiger partial charge in [-0.15, -0.1) is 0 Å². The van der Waals surface area contributed by atoms with Crippen LogP contribution in [0.25, 0.3) is 10.9 Å². The first kappa shape index (κ1) is 23.5. The molecular formula is C24H19ClN4O4S. The Morgan fingerprint density at radius 3 is 2.59 bits per heavy atom. The number of nitro benzene ring substituents is 1. The summed E-state index contributed by atoms with van der Waals surface area (Å²) in [5.41, 5.74) is 1.21. The standard InChI is InChI=1S/C24H19ClN4O4S/c1-15(22(30)26-21-13-17(29(32)33)11-12-19(21)25)34-24-27-20-10-6-5-9-18(20)23(31)28(24)14-16-7-3-2-4-8-16/h2-13,15H,14H2,1H3,(H,26,30)/t15-/m1/s1. The molecular weight excluding hydrogens is 476 g/mol. The number of nitrogens with one attached hydrogen (secondary N) is 1. The van der Waals surface area contributed by atoms with Gasteiger partial charge in [-0.1, -0.05) is 65.8 Å². The third-order valence-corrected chi connectivity index (χ3v) is 6.50. The lowest BCUT2D eigenvalue weighted by molar-refractivity contribution is -0.384. The number of thioether (sulfide) groups is 1. The van der Waals surface area contributed by atoms with Gasteiger partial charge in [0.05, 0.1) is 38.3 Å². The Morgan fingerprint density at radius 1 is 1.15 bits per heavy atom. The molecule has 1 atom stereocenters. The van der Waals surface area contributed by atoms with Gasteiger partial charge in [-0.2, -0.15) is 0 Å². The van der Waals surface area contributed by atoms with Crippen LogP contribution in [0.1, 0.15) is 12.5 Å². The van der Waals surface area contributed by atoms with Crippen LogP contribution in [0, 0.1) is 10.1 Å². The summed E-state index contributed by atoms with van der Waals surface area (Å²) in [6.45, 7) is 1.96. The van der Waals surface area contributed by atoms with Crippen LogP contribution in [0.4, 0.5) is 11.4 Å². The van der Waals surface area contributed by atoms with Gasteiger partial charge in [0.25, 0.3) is 11.2 Å². The summed E-state index contributed by atoms with van der Waals surface area (Å²) in [5, 5.41) is 14.1. The van der Waals surface area contributed by atoms with Crippen LogP contribution in [0.2, 0.25) is 5.02 Å². The number of anilines is 1. The van der Waals surface area contributed by atoms with Crippen LogP contribution < -0.4 is 10.9 Å². The molecule has 0 radical (unpaired) electrons. The highest BCUT2D eigenvalue weighted by molar-refractivity contribution is 8.00. The Morgan fingerprint density at radius 2 is 1.85 bits per heavy atom. The van der Waals surface area contributed by atoms with Crippen LogP contribution in [0.3, 0.4) is 0 Å². The highest BCUT2D eigenvalue weighted by atomic mass is 35.5. The van der Waals surface area contributed by atoms with E-state index in [0.717, 1.165) is 17.3 Å². The van der Waals surface area contributed by atoms with Crippen molar-refractivity contribution in [2.45, 2.75) is 23.9 Å². The molecule has 0 saturated carbocycles. The van der Waals surface area contributed by atoms with E-state index >= 15 is 0 Å². The molecule has 10 heteroatoms. The van der Waals surface area contributed by atoms with Crippen molar-refractivity contribution in [3.63, 3.8) is 0 Å². The number of halogens is 1. The lowest BCUT2D eigenvalue weighted by atomic mass is 10.2. The van der Waals surface area contributed by atoms with Gasteiger partial charge in [0.1, 0.15) is 0 Å². The van der Waals surface area contributed by atoms with Crippen molar-refractivity contribution in [3.8, 4) is 0 Å². The zero-order chi connectivity index (χ0) is 24.2. The molecule has 0 aliphatic carbocycles. The van der Waals surface area contributed by atoms with Gasteiger partial charge in [-0.3, -0.25) is 24.3 Å². The van der Waals surface area contributed by atoms with Crippen LogP contribution in [-0.2, 0) is 11.3 Å². The maximum absolute atomic E-state index is 13.3. The number of amides is 1. The van der Waals surface area contributed by atoms with Crippen LogP contribution >= 0.6 is 23.4 Å². The maximum Gasteiger partial charge on any atom is 0.271 e. The fraction of sp³-hybridized carbons (Fsp3) is 0.125. The molecule has 0 aliphatic rings. The van der Waals surface area contributed by atoms with Crippen molar-refractivity contribution in [1.82, 2.24) is 9.55 Å². The van der Waals surface area contributed by atoms with Crippen molar-refractivity contribution in [2.24, 2.45) is 0 Å². The van der Waals surface area contributed by atoms with Crippen molar-refractivity contribution in [3.05, 3.63) is 104 Å². The quantitative estimate of drug-likeness (QED) is 0.165. The molecule has 8 nitrogen and oxygen atoms in total. The second-order valence-corrected chi connectivity index (χ2v) is 9.17. The number of hydrogen-bond donors (Lipinski definition) is 1. The fourth-order valence-corrected chi connectivity index (χ4v) is 4.38. The first-order chi connectivity index (χ1) is 16.3. The Kier molecular flexibility index (Phi) is 6.95. The average molecular weight is 495 g/mol. The largest absolute Gasteiger partial charge is 0.324 e. The minimum Gasteiger partial charge on any atom is -0.324 e. The summed E-state index contributed by atoms with van der Waals surface area (Å²) in [5.74, 6) is -0.430. The van der Waals surface area contributed by atoms with Gasteiger partial charge < -0.3 is 5.32 Å². The van der Waals surface area contributed by atoms with Crippen LogP contribution in [0.5, 0.6) is 0 Å². The Labute approximate surface area is 203 Å². The van der Waals surface area contributed by atoms with E-state index in [0.29, 0.717) is 22.6 Å². The maximum atomic E-state index is 13.3. The number of nitro groups is 1. The molecule has 0 saturated heterocycles. The molecule has 34 heavy (non-hydrogen) atoms. The van der Waals surface area contributed by atoms with Gasteiger partial charge in [0.15, 0.2) is 5.16 Å². The van der Waals surface area contributed by atoms with E-state index in [1.807, 2.05) is 30.3 Å². The molecule has 1 heterocycles. The lowest BCUT2D eigenvalue weighted by Crippen LogP contribution is -2.27. The van der Waals surface area contributed by atoms with Crippen molar-refractivity contribution >= 4 is 51.5 Å². The Hall–Kier alpha value is -3.69. The summed E-state index contributed by atoms with van der Waals surface area (Å²) in [4.78, 5) is 41.3. The monoisotopic (exact) mass is 494 g/mol. The zero-order valence-electron chi connectivity index (χ0n) is 18.0. The average Bonchev–Trinajstić information content (AvgIpc) is 2.83. The molecule has 0 fully saturated rings. The summed E-state index contributed by atoms with van der Waals surface area (Å²) in [6, 6.07) is 20.4. The normalized spacial score (nSPS) is 11.8. The lowest BCUT2D eigenvalue weighted by Gasteiger charge is -2.17. The molecule has 3 aromatic carbocycles. The van der Waals surface area contributed by atoms with Gasteiger partial charge >= 0.3 is 0 Å². The minimum absolute atomic E-state index is 0.140. The number of carbonyl (C=O) groups is 1. The third kappa shape index (κ3) is 5.11. The van der Waals surface area contributed by atoms with Gasteiger partial charge in [0, 0.05) is 12.1 Å². The van der Waals surface area contributed by atoms with Crippen molar-refractivity contribution < 1.29 is 9.72 Å². The Bertz CT molecular complexity index is 1440. The predicted octanol–water partition coefficient (Wildman–Crippen LogP) is 5.13. The smallest absolute Gasteiger partial charge is 0.271 e. The topological polar surface area (TPSA) is 107 Å². The van der Waals surface area contributed by atoms with E-state index in [4.69, 9.17) is 11.6 Å². The first-order valence-corrected chi connectivity index (χ1v) is 11.5. The zero-order valence-corrected chi connectivity index (χ0v) is 19.5. The number of non-ortho nitro benzene ring substituents is 1. The van der Waals surface area contributed by atoms with Crippen LogP contribution in [0.15, 0.2) is 82.7 Å². The van der Waals surface area contributed by atoms with Crippen LogP contribution in [-0.4, -0.2) is 25.6 Å². The SMILES string of the molecule is C[C@@H](Sc1nc2ccccc2c(=O)n1Cc1ccccc1)C(=O)Nc1cc([N+](=O)[O-])ccc1Cl. The molecule has 172 valence electrons. The van der Waals surface area contributed by atoms with E-state index in [2.05, 4.69) is 10.3 Å². The molecule has 0 unspecified atom stereocenters. The highest BCUT2D eigenvalue weighted by Crippen LogP contribution is 2.29. The first-order valence-electron chi connectivity index (χ1n) is 10.3. The number of fused-ring (bicyclic) bond motifs is 1. The molecule has 0 bridgehead atoms. The molecule has 1 aromatic heterocycles. The number of benzene rings is 3. The predicted molar refractivity (Wildman–Crippen MR) is 134 cm³/mol. The molecule has 0 spiro atoms. The number of hydrogen-bond acceptors (Lipinski definition) is 6. The van der Waals surface area contributed by atoms with Gasteiger partial charge in [0.2, 0.25) is 5.91 Å². The summed E-state index contributed by atoms with van der Waals surface area (Å²) >= 11 is 7.23. The molecule has 4 aromatic rings. The number of carbonyl (C=O) groups excluding carboxylic acids is 1. The third-order valence-electron chi connectivity index (χ3n) is 5.08. The van der Waals surface area contributed by atoms with Gasteiger partial charge in [-0.25, -0.2) is 4.98 Å². The summed E-state index contributed by atoms with van der Waals surface area (Å²) in [7, 11) is 0. The number of nitrogens with zero attached hydrogens (tertiary/aromatic N) is 3. The van der Waals surface area contributed by atoms with E-state index in [1.54, 1.807) is 35.8 Å².